The third kappa shape index (κ3) is 4.40. The Morgan fingerprint density at radius 1 is 1.13 bits per heavy atom. The molecular formula is C23H28ClN5O2. The molecule has 5 rings (SSSR count). The molecule has 31 heavy (non-hydrogen) atoms. The highest BCUT2D eigenvalue weighted by atomic mass is 35.5. The topological polar surface area (TPSA) is 87.3 Å². The van der Waals surface area contributed by atoms with Crippen LogP contribution in [0.3, 0.4) is 0 Å². The molecule has 1 aromatic carbocycles. The first-order valence-corrected chi connectivity index (χ1v) is 11.5. The molecular weight excluding hydrogens is 414 g/mol. The molecule has 2 aromatic heterocycles. The molecule has 7 nitrogen and oxygen atoms in total. The largest absolute Gasteiger partial charge is 0.390 e. The molecule has 2 fully saturated rings. The van der Waals surface area contributed by atoms with Crippen molar-refractivity contribution in [3.63, 3.8) is 0 Å². The van der Waals surface area contributed by atoms with Crippen LogP contribution in [0.2, 0.25) is 5.02 Å². The van der Waals surface area contributed by atoms with Crippen molar-refractivity contribution in [3.8, 4) is 11.5 Å². The second-order valence-electron chi connectivity index (χ2n) is 8.75. The Labute approximate surface area is 186 Å². The molecule has 8 heteroatoms. The van der Waals surface area contributed by atoms with Gasteiger partial charge in [-0.3, -0.25) is 0 Å². The average Bonchev–Trinajstić information content (AvgIpc) is 3.21. The van der Waals surface area contributed by atoms with Crippen LogP contribution in [0.1, 0.15) is 44.3 Å². The predicted molar refractivity (Wildman–Crippen MR) is 121 cm³/mol. The Morgan fingerprint density at radius 3 is 2.71 bits per heavy atom. The molecule has 0 spiro atoms. The molecule has 0 bridgehead atoms. The third-order valence-corrected chi connectivity index (χ3v) is 6.69. The smallest absolute Gasteiger partial charge is 0.261 e. The maximum atomic E-state index is 10.9. The summed E-state index contributed by atoms with van der Waals surface area (Å²) in [7, 11) is 0. The van der Waals surface area contributed by atoms with Crippen LogP contribution in [0, 0.1) is 6.92 Å². The van der Waals surface area contributed by atoms with Crippen LogP contribution < -0.4 is 10.2 Å². The van der Waals surface area contributed by atoms with Crippen molar-refractivity contribution >= 4 is 28.3 Å². The number of fused-ring (bicyclic) bond motifs is 1. The van der Waals surface area contributed by atoms with Crippen LogP contribution in [0.4, 0.5) is 5.82 Å². The number of pyridine rings is 1. The van der Waals surface area contributed by atoms with Gasteiger partial charge in [0.2, 0.25) is 0 Å². The number of β-amino-alcohol motifs (C(OH)–C–C–N with tert-alkyl or cyclic N) is 1. The van der Waals surface area contributed by atoms with E-state index in [0.29, 0.717) is 29.3 Å². The van der Waals surface area contributed by atoms with Gasteiger partial charge in [0.25, 0.3) is 5.89 Å². The van der Waals surface area contributed by atoms with Crippen LogP contribution in [-0.4, -0.2) is 51.5 Å². The maximum absolute atomic E-state index is 10.9. The van der Waals surface area contributed by atoms with Crippen molar-refractivity contribution in [3.05, 3.63) is 35.1 Å². The van der Waals surface area contributed by atoms with Crippen LogP contribution in [0.25, 0.3) is 22.4 Å². The highest BCUT2D eigenvalue weighted by molar-refractivity contribution is 6.31. The fraction of sp³-hybridized carbons (Fsp3) is 0.522. The Bertz CT molecular complexity index is 1070. The summed E-state index contributed by atoms with van der Waals surface area (Å²) in [5.74, 6) is 1.76. The van der Waals surface area contributed by atoms with Gasteiger partial charge in [-0.15, -0.1) is 0 Å². The van der Waals surface area contributed by atoms with Crippen molar-refractivity contribution in [2.75, 3.05) is 18.0 Å². The van der Waals surface area contributed by atoms with Crippen LogP contribution in [0.15, 0.2) is 28.8 Å². The normalized spacial score (nSPS) is 22.9. The minimum Gasteiger partial charge on any atom is -0.390 e. The van der Waals surface area contributed by atoms with Crippen molar-refractivity contribution in [2.24, 2.45) is 0 Å². The van der Waals surface area contributed by atoms with E-state index in [1.54, 1.807) is 6.92 Å². The zero-order chi connectivity index (χ0) is 21.4. The van der Waals surface area contributed by atoms with Gasteiger partial charge >= 0.3 is 0 Å². The number of hydrogen-bond donors (Lipinski definition) is 2. The van der Waals surface area contributed by atoms with Gasteiger partial charge in [-0.1, -0.05) is 36.0 Å². The summed E-state index contributed by atoms with van der Waals surface area (Å²) < 4.78 is 5.47. The van der Waals surface area contributed by atoms with Crippen LogP contribution in [-0.2, 0) is 0 Å². The van der Waals surface area contributed by atoms with Gasteiger partial charge in [0.05, 0.1) is 17.2 Å². The lowest BCUT2D eigenvalue weighted by molar-refractivity contribution is 0.103. The lowest BCUT2D eigenvalue weighted by atomic mass is 9.92. The number of hydrogen-bond acceptors (Lipinski definition) is 7. The monoisotopic (exact) mass is 441 g/mol. The summed E-state index contributed by atoms with van der Waals surface area (Å²) >= 11 is 6.20. The van der Waals surface area contributed by atoms with Gasteiger partial charge in [-0.05, 0) is 50.5 Å². The minimum atomic E-state index is -0.462. The molecule has 2 aliphatic rings. The second-order valence-corrected chi connectivity index (χ2v) is 9.19. The highest BCUT2D eigenvalue weighted by Crippen LogP contribution is 2.34. The number of aliphatic hydroxyl groups excluding tert-OH is 1. The number of rotatable bonds is 4. The summed E-state index contributed by atoms with van der Waals surface area (Å²) in [5, 5.41) is 20.2. The number of halogens is 1. The van der Waals surface area contributed by atoms with Crippen LogP contribution in [0.5, 0.6) is 0 Å². The van der Waals surface area contributed by atoms with Crippen molar-refractivity contribution < 1.29 is 9.63 Å². The molecule has 164 valence electrons. The Kier molecular flexibility index (Phi) is 5.82. The number of nitrogens with one attached hydrogen (secondary N) is 1. The third-order valence-electron chi connectivity index (χ3n) is 6.45. The Balaban J connectivity index is 1.43. The molecule has 0 amide bonds. The van der Waals surface area contributed by atoms with Crippen molar-refractivity contribution in [1.29, 1.82) is 0 Å². The molecule has 2 atom stereocenters. The van der Waals surface area contributed by atoms with Gasteiger partial charge < -0.3 is 19.8 Å². The van der Waals surface area contributed by atoms with Gasteiger partial charge in [-0.25, -0.2) is 4.98 Å². The number of nitrogens with zero attached hydrogens (tertiary/aromatic N) is 4. The zero-order valence-electron chi connectivity index (χ0n) is 17.7. The number of aliphatic hydroxyl groups is 1. The SMILES string of the molecule is Cc1noc(-c2cc3cc(Cl)ccc3nc2N2CC[C@@H](NC3CCCCC3)[C@H](O)C2)n1. The standard InChI is InChI=1S/C23H28ClN5O2/c1-14-25-23(31-28-14)18-12-15-11-16(24)7-8-19(15)27-22(18)29-10-9-20(21(30)13-29)26-17-5-3-2-4-6-17/h7-8,11-12,17,20-21,26,30H,2-6,9-10,13H2,1H3/t20-,21-/m1/s1. The second kappa shape index (κ2) is 8.73. The van der Waals surface area contributed by atoms with Crippen molar-refractivity contribution in [2.45, 2.75) is 63.6 Å². The number of aryl methyl sites for hydroxylation is 1. The highest BCUT2D eigenvalue weighted by Gasteiger charge is 2.32. The predicted octanol–water partition coefficient (Wildman–Crippen LogP) is 4.11. The van der Waals surface area contributed by atoms with E-state index in [2.05, 4.69) is 20.4 Å². The average molecular weight is 442 g/mol. The Hall–Kier alpha value is -2.22. The first kappa shape index (κ1) is 20.7. The lowest BCUT2D eigenvalue weighted by Crippen LogP contribution is -2.55. The van der Waals surface area contributed by atoms with Gasteiger partial charge in [0.15, 0.2) is 5.82 Å². The zero-order valence-corrected chi connectivity index (χ0v) is 18.5. The van der Waals surface area contributed by atoms with E-state index < -0.39 is 6.10 Å². The Morgan fingerprint density at radius 2 is 1.97 bits per heavy atom. The lowest BCUT2D eigenvalue weighted by Gasteiger charge is -2.39. The molecule has 0 unspecified atom stereocenters. The fourth-order valence-electron chi connectivity index (χ4n) is 4.83. The molecule has 1 saturated heterocycles. The van der Waals surface area contributed by atoms with Crippen LogP contribution >= 0.6 is 11.6 Å². The minimum absolute atomic E-state index is 0.118. The summed E-state index contributed by atoms with van der Waals surface area (Å²) in [6.45, 7) is 3.11. The van der Waals surface area contributed by atoms with E-state index in [4.69, 9.17) is 21.1 Å². The van der Waals surface area contributed by atoms with E-state index in [0.717, 1.165) is 35.2 Å². The van der Waals surface area contributed by atoms with E-state index in [-0.39, 0.29) is 6.04 Å². The molecule has 1 aliphatic heterocycles. The first-order chi connectivity index (χ1) is 15.1. The van der Waals surface area contributed by atoms with Gasteiger partial charge in [0, 0.05) is 35.6 Å². The van der Waals surface area contributed by atoms with E-state index >= 15 is 0 Å². The van der Waals surface area contributed by atoms with Gasteiger partial charge in [0.1, 0.15) is 5.82 Å². The molecule has 3 aromatic rings. The molecule has 2 N–H and O–H groups in total. The molecule has 1 saturated carbocycles. The van der Waals surface area contributed by atoms with E-state index in [9.17, 15) is 5.11 Å². The summed E-state index contributed by atoms with van der Waals surface area (Å²) in [6, 6.07) is 8.28. The number of piperidine rings is 1. The summed E-state index contributed by atoms with van der Waals surface area (Å²) in [6.07, 6.45) is 6.71. The fourth-order valence-corrected chi connectivity index (χ4v) is 5.01. The quantitative estimate of drug-likeness (QED) is 0.629. The first-order valence-electron chi connectivity index (χ1n) is 11.2. The summed E-state index contributed by atoms with van der Waals surface area (Å²) in [4.78, 5) is 11.5. The number of aromatic nitrogens is 3. The number of anilines is 1. The van der Waals surface area contributed by atoms with Gasteiger partial charge in [-0.2, -0.15) is 4.98 Å². The van der Waals surface area contributed by atoms with Crippen molar-refractivity contribution in [1.82, 2.24) is 20.4 Å². The maximum Gasteiger partial charge on any atom is 0.261 e. The van der Waals surface area contributed by atoms with E-state index in [1.165, 1.54) is 32.1 Å². The summed E-state index contributed by atoms with van der Waals surface area (Å²) in [5.41, 5.74) is 1.61. The molecule has 1 aliphatic carbocycles. The number of benzene rings is 1. The van der Waals surface area contributed by atoms with E-state index in [1.807, 2.05) is 24.3 Å². The molecule has 3 heterocycles. The molecule has 0 radical (unpaired) electrons.